The van der Waals surface area contributed by atoms with Crippen molar-refractivity contribution in [2.45, 2.75) is 25.9 Å². The van der Waals surface area contributed by atoms with E-state index in [9.17, 15) is 8.42 Å². The van der Waals surface area contributed by atoms with Crippen molar-refractivity contribution in [2.75, 3.05) is 11.5 Å². The smallest absolute Gasteiger partial charge is 0.240 e. The summed E-state index contributed by atoms with van der Waals surface area (Å²) in [6.45, 7) is 2.41. The lowest BCUT2D eigenvalue weighted by atomic mass is 10.1. The Balaban J connectivity index is 1.62. The standard InChI is InChI=1S/C14H17N3O3S/c1-10-2-4-11(5-3-10)14-16-13(20-17-14)8-15-12-6-7-21(18,19)9-12/h2-5,12,15H,6-9H2,1H3. The largest absolute Gasteiger partial charge is 0.338 e. The fourth-order valence-electron chi connectivity index (χ4n) is 2.33. The molecule has 2 aromatic rings. The molecule has 1 aliphatic rings. The van der Waals surface area contributed by atoms with E-state index in [1.165, 1.54) is 5.56 Å². The van der Waals surface area contributed by atoms with Crippen molar-refractivity contribution < 1.29 is 12.9 Å². The minimum absolute atomic E-state index is 0.0234. The minimum Gasteiger partial charge on any atom is -0.338 e. The number of benzene rings is 1. The fourth-order valence-corrected chi connectivity index (χ4v) is 4.04. The second-order valence-electron chi connectivity index (χ2n) is 5.36. The van der Waals surface area contributed by atoms with Gasteiger partial charge in [0.1, 0.15) is 0 Å². The second kappa shape index (κ2) is 5.57. The molecule has 0 aliphatic carbocycles. The van der Waals surface area contributed by atoms with Crippen LogP contribution in [0.2, 0.25) is 0 Å². The molecule has 3 rings (SSSR count). The van der Waals surface area contributed by atoms with Crippen molar-refractivity contribution in [3.05, 3.63) is 35.7 Å². The predicted octanol–water partition coefficient (Wildman–Crippen LogP) is 1.32. The van der Waals surface area contributed by atoms with Crippen LogP contribution in [0.5, 0.6) is 0 Å². The van der Waals surface area contributed by atoms with E-state index in [0.717, 1.165) is 5.56 Å². The molecule has 7 heteroatoms. The van der Waals surface area contributed by atoms with E-state index < -0.39 is 9.84 Å². The zero-order chi connectivity index (χ0) is 14.9. The Labute approximate surface area is 123 Å². The van der Waals surface area contributed by atoms with Crippen molar-refractivity contribution in [3.8, 4) is 11.4 Å². The van der Waals surface area contributed by atoms with Crippen LogP contribution >= 0.6 is 0 Å². The molecule has 21 heavy (non-hydrogen) atoms. The Hall–Kier alpha value is -1.73. The van der Waals surface area contributed by atoms with Gasteiger partial charge in [-0.05, 0) is 13.3 Å². The van der Waals surface area contributed by atoms with Crippen molar-refractivity contribution >= 4 is 9.84 Å². The van der Waals surface area contributed by atoms with Crippen LogP contribution in [0.15, 0.2) is 28.8 Å². The quantitative estimate of drug-likeness (QED) is 0.917. The predicted molar refractivity (Wildman–Crippen MR) is 78.4 cm³/mol. The molecule has 1 aromatic carbocycles. The van der Waals surface area contributed by atoms with Gasteiger partial charge in [-0.1, -0.05) is 35.0 Å². The van der Waals surface area contributed by atoms with Crippen LogP contribution in [0, 0.1) is 6.92 Å². The summed E-state index contributed by atoms with van der Waals surface area (Å²) in [4.78, 5) is 4.32. The fraction of sp³-hybridized carbons (Fsp3) is 0.429. The van der Waals surface area contributed by atoms with E-state index in [1.54, 1.807) is 0 Å². The number of rotatable bonds is 4. The Bertz CT molecular complexity index is 722. The van der Waals surface area contributed by atoms with E-state index in [2.05, 4.69) is 15.5 Å². The summed E-state index contributed by atoms with van der Waals surface area (Å²) in [6.07, 6.45) is 0.640. The molecule has 1 N–H and O–H groups in total. The summed E-state index contributed by atoms with van der Waals surface area (Å²) in [7, 11) is -2.87. The third-order valence-corrected chi connectivity index (χ3v) is 5.32. The molecule has 2 heterocycles. The highest BCUT2D eigenvalue weighted by molar-refractivity contribution is 7.91. The highest BCUT2D eigenvalue weighted by atomic mass is 32.2. The topological polar surface area (TPSA) is 85.1 Å². The zero-order valence-electron chi connectivity index (χ0n) is 11.7. The second-order valence-corrected chi connectivity index (χ2v) is 7.59. The van der Waals surface area contributed by atoms with E-state index >= 15 is 0 Å². The van der Waals surface area contributed by atoms with Crippen LogP contribution in [0.3, 0.4) is 0 Å². The van der Waals surface area contributed by atoms with Gasteiger partial charge < -0.3 is 9.84 Å². The van der Waals surface area contributed by atoms with Gasteiger partial charge in [-0.3, -0.25) is 0 Å². The van der Waals surface area contributed by atoms with Gasteiger partial charge in [0, 0.05) is 11.6 Å². The first kappa shape index (κ1) is 14.2. The summed E-state index contributed by atoms with van der Waals surface area (Å²) in [5.74, 6) is 1.45. The summed E-state index contributed by atoms with van der Waals surface area (Å²) in [5.41, 5.74) is 2.07. The molecule has 1 unspecified atom stereocenters. The summed E-state index contributed by atoms with van der Waals surface area (Å²) >= 11 is 0. The first-order chi connectivity index (χ1) is 10.0. The first-order valence-electron chi connectivity index (χ1n) is 6.85. The van der Waals surface area contributed by atoms with Gasteiger partial charge in [0.25, 0.3) is 0 Å². The van der Waals surface area contributed by atoms with E-state index in [4.69, 9.17) is 4.52 Å². The number of hydrogen-bond donors (Lipinski definition) is 1. The van der Waals surface area contributed by atoms with Crippen LogP contribution in [0.4, 0.5) is 0 Å². The summed E-state index contributed by atoms with van der Waals surface area (Å²) in [5, 5.41) is 7.10. The molecule has 1 aromatic heterocycles. The van der Waals surface area contributed by atoms with E-state index in [0.29, 0.717) is 24.7 Å². The van der Waals surface area contributed by atoms with Gasteiger partial charge in [-0.15, -0.1) is 0 Å². The molecule has 0 saturated carbocycles. The van der Waals surface area contributed by atoms with Gasteiger partial charge in [0.05, 0.1) is 18.1 Å². The Morgan fingerprint density at radius 2 is 2.10 bits per heavy atom. The molecule has 0 amide bonds. The van der Waals surface area contributed by atoms with E-state index in [-0.39, 0.29) is 17.5 Å². The van der Waals surface area contributed by atoms with Crippen LogP contribution < -0.4 is 5.32 Å². The first-order valence-corrected chi connectivity index (χ1v) is 8.67. The lowest BCUT2D eigenvalue weighted by Crippen LogP contribution is -2.29. The maximum atomic E-state index is 11.4. The molecule has 0 bridgehead atoms. The Morgan fingerprint density at radius 3 is 2.76 bits per heavy atom. The zero-order valence-corrected chi connectivity index (χ0v) is 12.6. The molecule has 0 spiro atoms. The average molecular weight is 307 g/mol. The molecule has 6 nitrogen and oxygen atoms in total. The third-order valence-electron chi connectivity index (χ3n) is 3.55. The summed E-state index contributed by atoms with van der Waals surface area (Å²) < 4.78 is 27.9. The van der Waals surface area contributed by atoms with Gasteiger partial charge in [0.15, 0.2) is 9.84 Å². The van der Waals surface area contributed by atoms with Crippen LogP contribution in [0.1, 0.15) is 17.9 Å². The Morgan fingerprint density at radius 1 is 1.33 bits per heavy atom. The number of nitrogens with zero attached hydrogens (tertiary/aromatic N) is 2. The molecular weight excluding hydrogens is 290 g/mol. The van der Waals surface area contributed by atoms with Crippen molar-refractivity contribution in [3.63, 3.8) is 0 Å². The van der Waals surface area contributed by atoms with Crippen LogP contribution in [-0.2, 0) is 16.4 Å². The molecule has 1 aliphatic heterocycles. The number of hydrogen-bond acceptors (Lipinski definition) is 6. The highest BCUT2D eigenvalue weighted by Crippen LogP contribution is 2.17. The lowest BCUT2D eigenvalue weighted by Gasteiger charge is -2.07. The minimum atomic E-state index is -2.87. The molecule has 0 radical (unpaired) electrons. The summed E-state index contributed by atoms with van der Waals surface area (Å²) in [6, 6.07) is 7.85. The lowest BCUT2D eigenvalue weighted by molar-refractivity contribution is 0.360. The number of nitrogens with one attached hydrogen (secondary N) is 1. The van der Waals surface area contributed by atoms with Gasteiger partial charge >= 0.3 is 0 Å². The maximum absolute atomic E-state index is 11.4. The highest BCUT2D eigenvalue weighted by Gasteiger charge is 2.27. The van der Waals surface area contributed by atoms with Crippen LogP contribution in [-0.4, -0.2) is 36.1 Å². The number of aryl methyl sites for hydroxylation is 1. The SMILES string of the molecule is Cc1ccc(-c2noc(CNC3CCS(=O)(=O)C3)n2)cc1. The van der Waals surface area contributed by atoms with Crippen molar-refractivity contribution in [1.82, 2.24) is 15.5 Å². The molecule has 1 saturated heterocycles. The molecule has 1 fully saturated rings. The molecule has 112 valence electrons. The van der Waals surface area contributed by atoms with Gasteiger partial charge in [0.2, 0.25) is 11.7 Å². The number of sulfone groups is 1. The normalized spacial score (nSPS) is 20.7. The van der Waals surface area contributed by atoms with Crippen molar-refractivity contribution in [1.29, 1.82) is 0 Å². The van der Waals surface area contributed by atoms with Gasteiger partial charge in [-0.2, -0.15) is 4.98 Å². The van der Waals surface area contributed by atoms with Gasteiger partial charge in [-0.25, -0.2) is 8.42 Å². The Kier molecular flexibility index (Phi) is 3.77. The number of aromatic nitrogens is 2. The monoisotopic (exact) mass is 307 g/mol. The van der Waals surface area contributed by atoms with E-state index in [1.807, 2.05) is 31.2 Å². The van der Waals surface area contributed by atoms with Crippen molar-refractivity contribution in [2.24, 2.45) is 0 Å². The molecule has 1 atom stereocenters. The average Bonchev–Trinajstić information content (AvgIpc) is 3.04. The van der Waals surface area contributed by atoms with Crippen LogP contribution in [0.25, 0.3) is 11.4 Å². The maximum Gasteiger partial charge on any atom is 0.240 e. The third kappa shape index (κ3) is 3.48. The molecular formula is C14H17N3O3S.